The smallest absolute Gasteiger partial charge is 0.238 e. The fraction of sp³-hybridized carbons (Fsp3) is 0. The lowest BCUT2D eigenvalue weighted by Crippen LogP contribution is -2.06. The Morgan fingerprint density at radius 2 is 0.897 bits per heavy atom. The third-order valence-corrected chi connectivity index (χ3v) is 12.4. The Balaban J connectivity index is 0.979. The van der Waals surface area contributed by atoms with Crippen LogP contribution in [0.4, 0.5) is 0 Å². The number of thiophene rings is 1. The molecule has 0 bridgehead atoms. The highest BCUT2D eigenvalue weighted by Crippen LogP contribution is 2.44. The zero-order valence-electron chi connectivity index (χ0n) is 31.0. The van der Waals surface area contributed by atoms with Crippen molar-refractivity contribution in [1.29, 1.82) is 0 Å². The minimum Gasteiger partial charge on any atom is -0.278 e. The molecule has 0 aliphatic rings. The summed E-state index contributed by atoms with van der Waals surface area (Å²) >= 11 is 1.85. The van der Waals surface area contributed by atoms with Crippen LogP contribution < -0.4 is 0 Å². The first-order valence-corrected chi connectivity index (χ1v) is 20.2. The van der Waals surface area contributed by atoms with Gasteiger partial charge in [-0.3, -0.25) is 4.57 Å². The first-order valence-electron chi connectivity index (χ1n) is 19.4. The van der Waals surface area contributed by atoms with Gasteiger partial charge in [-0.1, -0.05) is 158 Å². The van der Waals surface area contributed by atoms with Gasteiger partial charge >= 0.3 is 0 Å². The van der Waals surface area contributed by atoms with Crippen molar-refractivity contribution < 1.29 is 0 Å². The zero-order chi connectivity index (χ0) is 38.2. The van der Waals surface area contributed by atoms with Gasteiger partial charge in [0.2, 0.25) is 5.95 Å². The highest BCUT2D eigenvalue weighted by atomic mass is 32.1. The Kier molecular flexibility index (Phi) is 7.33. The molecule has 4 heterocycles. The largest absolute Gasteiger partial charge is 0.278 e. The second-order valence-corrected chi connectivity index (χ2v) is 15.7. The maximum Gasteiger partial charge on any atom is 0.238 e. The van der Waals surface area contributed by atoms with Gasteiger partial charge in [-0.15, -0.1) is 11.3 Å². The second-order valence-electron chi connectivity index (χ2n) is 14.6. The molecule has 0 aliphatic carbocycles. The summed E-state index contributed by atoms with van der Waals surface area (Å²) in [7, 11) is 0. The predicted octanol–water partition coefficient (Wildman–Crippen LogP) is 13.7. The minimum absolute atomic E-state index is 0.590. The van der Waals surface area contributed by atoms with E-state index in [4.69, 9.17) is 19.9 Å². The van der Waals surface area contributed by atoms with Gasteiger partial charge in [0.1, 0.15) is 0 Å². The van der Waals surface area contributed by atoms with E-state index in [0.29, 0.717) is 17.6 Å². The van der Waals surface area contributed by atoms with Crippen molar-refractivity contribution in [2.45, 2.75) is 0 Å². The molecule has 0 spiro atoms. The number of aromatic nitrogens is 5. The molecular weight excluding hydrogens is 727 g/mol. The molecule has 6 heteroatoms. The van der Waals surface area contributed by atoms with Crippen molar-refractivity contribution in [2.24, 2.45) is 0 Å². The number of rotatable bonds is 5. The quantitative estimate of drug-likeness (QED) is 0.164. The molecule has 5 nitrogen and oxygen atoms in total. The van der Waals surface area contributed by atoms with Crippen molar-refractivity contribution in [3.63, 3.8) is 0 Å². The van der Waals surface area contributed by atoms with Crippen LogP contribution >= 0.6 is 11.3 Å². The topological polar surface area (TPSA) is 56.5 Å². The van der Waals surface area contributed by atoms with Crippen LogP contribution in [0.1, 0.15) is 0 Å². The fourth-order valence-electron chi connectivity index (χ4n) is 8.56. The van der Waals surface area contributed by atoms with E-state index in [1.807, 2.05) is 41.7 Å². The molecule has 58 heavy (non-hydrogen) atoms. The summed E-state index contributed by atoms with van der Waals surface area (Å²) in [6, 6.07) is 66.1. The average Bonchev–Trinajstić information content (AvgIpc) is 3.85. The molecule has 0 aliphatic heterocycles. The lowest BCUT2D eigenvalue weighted by Gasteiger charge is -2.12. The fourth-order valence-corrected chi connectivity index (χ4v) is 9.72. The first-order chi connectivity index (χ1) is 28.7. The van der Waals surface area contributed by atoms with Crippen LogP contribution in [0.25, 0.3) is 115 Å². The molecule has 0 fully saturated rings. The molecule has 0 saturated carbocycles. The van der Waals surface area contributed by atoms with Gasteiger partial charge in [0.15, 0.2) is 11.6 Å². The summed E-state index contributed by atoms with van der Waals surface area (Å²) in [5, 5.41) is 8.49. The van der Waals surface area contributed by atoms with E-state index in [1.54, 1.807) is 0 Å². The van der Waals surface area contributed by atoms with Gasteiger partial charge < -0.3 is 0 Å². The molecule has 270 valence electrons. The molecule has 0 amide bonds. The molecule has 12 aromatic rings. The van der Waals surface area contributed by atoms with Gasteiger partial charge in [0.05, 0.1) is 22.2 Å². The number of para-hydroxylation sites is 3. The Hall–Kier alpha value is -7.54. The number of fused-ring (bicyclic) bond motifs is 10. The summed E-state index contributed by atoms with van der Waals surface area (Å²) in [5.74, 6) is 1.85. The maximum atomic E-state index is 5.18. The number of hydrogen-bond donors (Lipinski definition) is 0. The molecule has 0 unspecified atom stereocenters. The molecule has 4 aromatic heterocycles. The van der Waals surface area contributed by atoms with Crippen LogP contribution in [0, 0.1) is 0 Å². The molecule has 0 N–H and O–H groups in total. The summed E-state index contributed by atoms with van der Waals surface area (Å²) in [6.45, 7) is 0. The van der Waals surface area contributed by atoms with Gasteiger partial charge in [-0.2, -0.15) is 9.97 Å². The molecule has 8 aromatic carbocycles. The number of benzene rings is 8. The van der Waals surface area contributed by atoms with Gasteiger partial charge in [0, 0.05) is 63.8 Å². The SMILES string of the molecule is c1ccc(-c2nc(-c3ccc(-c4ccc5c(c4)sc4ccc6c(-c7ccccc7)nc7ccccc7c6c45)cc3)nc(-n3c4ccccc4c4ccccc43)n2)cc1. The number of pyridine rings is 1. The summed E-state index contributed by atoms with van der Waals surface area (Å²) in [5.41, 5.74) is 9.43. The van der Waals surface area contributed by atoms with Crippen molar-refractivity contribution in [3.8, 4) is 51.1 Å². The van der Waals surface area contributed by atoms with Crippen LogP contribution in [0.3, 0.4) is 0 Å². The Labute approximate surface area is 337 Å². The van der Waals surface area contributed by atoms with Gasteiger partial charge in [0.25, 0.3) is 0 Å². The number of nitrogens with zero attached hydrogens (tertiary/aromatic N) is 5. The second kappa shape index (κ2) is 13.0. The third kappa shape index (κ3) is 5.16. The van der Waals surface area contributed by atoms with Crippen molar-refractivity contribution in [3.05, 3.63) is 188 Å². The van der Waals surface area contributed by atoms with E-state index in [0.717, 1.165) is 60.8 Å². The molecule has 12 rings (SSSR count). The monoisotopic (exact) mass is 757 g/mol. The van der Waals surface area contributed by atoms with Gasteiger partial charge in [-0.25, -0.2) is 9.97 Å². The van der Waals surface area contributed by atoms with Crippen molar-refractivity contribution in [2.75, 3.05) is 0 Å². The predicted molar refractivity (Wildman–Crippen MR) is 242 cm³/mol. The normalized spacial score (nSPS) is 11.8. The first kappa shape index (κ1) is 32.7. The standard InChI is InChI=1S/C52H31N5S/c1-3-13-33(14-4-1)49-41-29-30-45-48(47(41)39-19-7-10-20-42(39)53-49)40-28-27-36(31-46(40)58-45)32-23-25-35(26-24-32)51-54-50(34-15-5-2-6-16-34)55-52(56-51)57-43-21-11-8-17-37(43)38-18-9-12-22-44(38)57/h1-31H. The van der Waals surface area contributed by atoms with Crippen LogP contribution in [-0.4, -0.2) is 24.5 Å². The highest BCUT2D eigenvalue weighted by molar-refractivity contribution is 7.26. The van der Waals surface area contributed by atoms with E-state index in [2.05, 4.69) is 162 Å². The lowest BCUT2D eigenvalue weighted by atomic mass is 9.95. The molecule has 0 saturated heterocycles. The average molecular weight is 758 g/mol. The Morgan fingerprint density at radius 1 is 0.345 bits per heavy atom. The van der Waals surface area contributed by atoms with E-state index in [-0.39, 0.29) is 0 Å². The van der Waals surface area contributed by atoms with E-state index < -0.39 is 0 Å². The Morgan fingerprint density at radius 3 is 1.60 bits per heavy atom. The molecule has 0 atom stereocenters. The lowest BCUT2D eigenvalue weighted by molar-refractivity contribution is 0.953. The van der Waals surface area contributed by atoms with E-state index in [1.165, 1.54) is 36.3 Å². The zero-order valence-corrected chi connectivity index (χ0v) is 31.9. The summed E-state index contributed by atoms with van der Waals surface area (Å²) in [4.78, 5) is 20.5. The molecule has 0 radical (unpaired) electrons. The van der Waals surface area contributed by atoms with Crippen molar-refractivity contribution >= 4 is 75.0 Å². The van der Waals surface area contributed by atoms with E-state index >= 15 is 0 Å². The maximum absolute atomic E-state index is 5.18. The summed E-state index contributed by atoms with van der Waals surface area (Å²) in [6.07, 6.45) is 0. The highest BCUT2D eigenvalue weighted by Gasteiger charge is 2.19. The number of hydrogen-bond acceptors (Lipinski definition) is 5. The van der Waals surface area contributed by atoms with Crippen LogP contribution in [0.2, 0.25) is 0 Å². The van der Waals surface area contributed by atoms with Crippen molar-refractivity contribution in [1.82, 2.24) is 24.5 Å². The third-order valence-electron chi connectivity index (χ3n) is 11.3. The van der Waals surface area contributed by atoms with Crippen LogP contribution in [0.5, 0.6) is 0 Å². The molecular formula is C52H31N5S. The van der Waals surface area contributed by atoms with Gasteiger partial charge in [-0.05, 0) is 41.5 Å². The summed E-state index contributed by atoms with van der Waals surface area (Å²) < 4.78 is 4.68. The Bertz CT molecular complexity index is 3500. The minimum atomic E-state index is 0.590. The van der Waals surface area contributed by atoms with Crippen LogP contribution in [-0.2, 0) is 0 Å². The van der Waals surface area contributed by atoms with Crippen LogP contribution in [0.15, 0.2) is 188 Å². The van der Waals surface area contributed by atoms with E-state index in [9.17, 15) is 0 Å².